The topological polar surface area (TPSA) is 101 Å². The van der Waals surface area contributed by atoms with E-state index in [2.05, 4.69) is 4.72 Å². The van der Waals surface area contributed by atoms with Gasteiger partial charge in [0.15, 0.2) is 5.78 Å². The van der Waals surface area contributed by atoms with Crippen molar-refractivity contribution in [2.75, 3.05) is 6.54 Å². The minimum atomic E-state index is -3.81. The molecule has 1 fully saturated rings. The van der Waals surface area contributed by atoms with Crippen molar-refractivity contribution in [3.63, 3.8) is 0 Å². The highest BCUT2D eigenvalue weighted by Crippen LogP contribution is 2.45. The van der Waals surface area contributed by atoms with Crippen molar-refractivity contribution >= 4 is 21.8 Å². The van der Waals surface area contributed by atoms with Crippen LogP contribution >= 0.6 is 0 Å². The van der Waals surface area contributed by atoms with E-state index in [1.807, 2.05) is 0 Å². The van der Waals surface area contributed by atoms with E-state index in [1.165, 1.54) is 31.2 Å². The molecule has 0 heterocycles. The predicted octanol–water partition coefficient (Wildman–Crippen LogP) is 1.03. The molecule has 0 bridgehead atoms. The third-order valence-corrected chi connectivity index (χ3v) is 4.86. The van der Waals surface area contributed by atoms with Gasteiger partial charge in [0, 0.05) is 12.1 Å². The van der Waals surface area contributed by atoms with E-state index >= 15 is 0 Å². The van der Waals surface area contributed by atoms with Crippen molar-refractivity contribution in [2.24, 2.45) is 5.41 Å². The van der Waals surface area contributed by atoms with Crippen LogP contribution in [0.4, 0.5) is 0 Å². The summed E-state index contributed by atoms with van der Waals surface area (Å²) in [6, 6.07) is 5.66. The first-order valence-electron chi connectivity index (χ1n) is 6.11. The smallest absolute Gasteiger partial charge is 0.310 e. The molecule has 2 N–H and O–H groups in total. The van der Waals surface area contributed by atoms with Gasteiger partial charge < -0.3 is 5.11 Å². The number of sulfonamides is 1. The molecule has 1 aromatic rings. The summed E-state index contributed by atoms with van der Waals surface area (Å²) in [5.41, 5.74) is -0.669. The molecule has 0 radical (unpaired) electrons. The fourth-order valence-corrected chi connectivity index (χ4v) is 2.99. The van der Waals surface area contributed by atoms with Crippen molar-refractivity contribution in [1.82, 2.24) is 4.72 Å². The van der Waals surface area contributed by atoms with Gasteiger partial charge in [-0.1, -0.05) is 12.1 Å². The number of hydrogen-bond acceptors (Lipinski definition) is 4. The van der Waals surface area contributed by atoms with Crippen molar-refractivity contribution in [3.05, 3.63) is 29.8 Å². The maximum Gasteiger partial charge on any atom is 0.310 e. The Kier molecular flexibility index (Phi) is 3.66. The van der Waals surface area contributed by atoms with Crippen LogP contribution in [0.5, 0.6) is 0 Å². The van der Waals surface area contributed by atoms with Crippen LogP contribution in [0.2, 0.25) is 0 Å². The number of nitrogens with one attached hydrogen (secondary N) is 1. The Balaban J connectivity index is 2.17. The maximum atomic E-state index is 12.1. The van der Waals surface area contributed by atoms with Crippen molar-refractivity contribution in [2.45, 2.75) is 24.7 Å². The summed E-state index contributed by atoms with van der Waals surface area (Å²) in [6.07, 6.45) is 0.941. The second-order valence-corrected chi connectivity index (χ2v) is 6.76. The highest BCUT2D eigenvalue weighted by molar-refractivity contribution is 7.89. The zero-order chi connectivity index (χ0) is 15.0. The molecule has 1 aromatic carbocycles. The van der Waals surface area contributed by atoms with Gasteiger partial charge in [-0.2, -0.15) is 0 Å². The van der Waals surface area contributed by atoms with Gasteiger partial charge in [-0.15, -0.1) is 0 Å². The van der Waals surface area contributed by atoms with E-state index in [0.29, 0.717) is 18.4 Å². The molecule has 0 amide bonds. The van der Waals surface area contributed by atoms with Crippen LogP contribution in [-0.4, -0.2) is 31.8 Å². The summed E-state index contributed by atoms with van der Waals surface area (Å²) in [5.74, 6) is -1.22. The fourth-order valence-electron chi connectivity index (χ4n) is 1.82. The molecule has 1 aliphatic rings. The number of carboxylic acid groups (broad SMARTS) is 1. The molecule has 7 heteroatoms. The van der Waals surface area contributed by atoms with Crippen LogP contribution in [0.25, 0.3) is 0 Å². The molecular formula is C13H15NO5S. The molecule has 108 valence electrons. The Bertz CT molecular complexity index is 661. The lowest BCUT2D eigenvalue weighted by Crippen LogP contribution is -2.34. The molecule has 0 saturated heterocycles. The van der Waals surface area contributed by atoms with Crippen LogP contribution in [0.1, 0.15) is 30.1 Å². The van der Waals surface area contributed by atoms with E-state index in [-0.39, 0.29) is 17.2 Å². The van der Waals surface area contributed by atoms with Gasteiger partial charge in [0.05, 0.1) is 10.3 Å². The van der Waals surface area contributed by atoms with Crippen LogP contribution in [0, 0.1) is 5.41 Å². The zero-order valence-corrected chi connectivity index (χ0v) is 11.7. The van der Waals surface area contributed by atoms with Crippen LogP contribution in [0.15, 0.2) is 29.2 Å². The van der Waals surface area contributed by atoms with E-state index in [9.17, 15) is 18.0 Å². The second kappa shape index (κ2) is 4.99. The Morgan fingerprint density at radius 1 is 1.35 bits per heavy atom. The molecular weight excluding hydrogens is 282 g/mol. The summed E-state index contributed by atoms with van der Waals surface area (Å²) in [4.78, 5) is 22.2. The molecule has 6 nitrogen and oxygen atoms in total. The van der Waals surface area contributed by atoms with Crippen LogP contribution in [0.3, 0.4) is 0 Å². The second-order valence-electron chi connectivity index (χ2n) is 4.99. The van der Waals surface area contributed by atoms with Gasteiger partial charge in [-0.05, 0) is 31.9 Å². The molecule has 2 rings (SSSR count). The van der Waals surface area contributed by atoms with Gasteiger partial charge in [0.1, 0.15) is 0 Å². The minimum Gasteiger partial charge on any atom is -0.481 e. The molecule has 0 unspecified atom stereocenters. The predicted molar refractivity (Wildman–Crippen MR) is 70.9 cm³/mol. The quantitative estimate of drug-likeness (QED) is 0.764. The standard InChI is InChI=1S/C13H15NO5S/c1-9(15)10-3-2-4-11(7-10)20(18,19)14-8-13(5-6-13)12(16)17/h2-4,7,14H,5-6,8H2,1H3,(H,16,17). The Labute approximate surface area is 116 Å². The average molecular weight is 297 g/mol. The number of carbonyl (C=O) groups is 2. The largest absolute Gasteiger partial charge is 0.481 e. The molecule has 0 atom stereocenters. The van der Waals surface area contributed by atoms with Crippen molar-refractivity contribution < 1.29 is 23.1 Å². The summed E-state index contributed by atoms with van der Waals surface area (Å²) >= 11 is 0. The monoisotopic (exact) mass is 297 g/mol. The number of benzene rings is 1. The van der Waals surface area contributed by atoms with Crippen LogP contribution in [-0.2, 0) is 14.8 Å². The van der Waals surface area contributed by atoms with Gasteiger partial charge in [-0.3, -0.25) is 9.59 Å². The van der Waals surface area contributed by atoms with Gasteiger partial charge in [0.2, 0.25) is 10.0 Å². The molecule has 0 aromatic heterocycles. The minimum absolute atomic E-state index is 0.0358. The zero-order valence-electron chi connectivity index (χ0n) is 10.9. The Hall–Kier alpha value is -1.73. The number of carbonyl (C=O) groups excluding carboxylic acids is 1. The van der Waals surface area contributed by atoms with Crippen LogP contribution < -0.4 is 4.72 Å². The van der Waals surface area contributed by atoms with Gasteiger partial charge in [0.25, 0.3) is 0 Å². The number of rotatable bonds is 6. The number of ketones is 1. The fraction of sp³-hybridized carbons (Fsp3) is 0.385. The van der Waals surface area contributed by atoms with Gasteiger partial charge >= 0.3 is 5.97 Å². The lowest BCUT2D eigenvalue weighted by atomic mass is 10.1. The first kappa shape index (κ1) is 14.7. The normalized spacial score (nSPS) is 16.6. The number of aliphatic carboxylic acids is 1. The highest BCUT2D eigenvalue weighted by Gasteiger charge is 2.50. The maximum absolute atomic E-state index is 12.1. The Morgan fingerprint density at radius 3 is 2.50 bits per heavy atom. The first-order valence-corrected chi connectivity index (χ1v) is 7.59. The van der Waals surface area contributed by atoms with Crippen molar-refractivity contribution in [3.8, 4) is 0 Å². The summed E-state index contributed by atoms with van der Waals surface area (Å²) in [5, 5.41) is 9.01. The number of hydrogen-bond donors (Lipinski definition) is 2. The summed E-state index contributed by atoms with van der Waals surface area (Å²) < 4.78 is 26.5. The third kappa shape index (κ3) is 2.88. The molecule has 1 aliphatic carbocycles. The number of carboxylic acids is 1. The van der Waals surface area contributed by atoms with E-state index in [4.69, 9.17) is 5.11 Å². The average Bonchev–Trinajstić information content (AvgIpc) is 3.18. The van der Waals surface area contributed by atoms with E-state index in [0.717, 1.165) is 0 Å². The third-order valence-electron chi connectivity index (χ3n) is 3.46. The van der Waals surface area contributed by atoms with E-state index in [1.54, 1.807) is 0 Å². The molecule has 0 spiro atoms. The van der Waals surface area contributed by atoms with Gasteiger partial charge in [-0.25, -0.2) is 13.1 Å². The number of Topliss-reactive ketones (excluding diaryl/α,β-unsaturated/α-hetero) is 1. The molecule has 0 aliphatic heterocycles. The first-order chi connectivity index (χ1) is 9.27. The van der Waals surface area contributed by atoms with Crippen molar-refractivity contribution in [1.29, 1.82) is 0 Å². The summed E-state index contributed by atoms with van der Waals surface area (Å²) in [6.45, 7) is 1.22. The molecule has 20 heavy (non-hydrogen) atoms. The van der Waals surface area contributed by atoms with E-state index < -0.39 is 21.4 Å². The Morgan fingerprint density at radius 2 is 2.00 bits per heavy atom. The lowest BCUT2D eigenvalue weighted by Gasteiger charge is -2.12. The summed E-state index contributed by atoms with van der Waals surface area (Å²) in [7, 11) is -3.81. The highest BCUT2D eigenvalue weighted by atomic mass is 32.2. The SMILES string of the molecule is CC(=O)c1cccc(S(=O)(=O)NCC2(C(=O)O)CC2)c1. The lowest BCUT2D eigenvalue weighted by molar-refractivity contribution is -0.143. The molecule has 1 saturated carbocycles.